The van der Waals surface area contributed by atoms with Crippen LogP contribution in [0.1, 0.15) is 90.9 Å². The summed E-state index contributed by atoms with van der Waals surface area (Å²) < 4.78 is 24.2. The molecule has 2 aromatic rings. The highest BCUT2D eigenvalue weighted by atomic mass is 16.6. The van der Waals surface area contributed by atoms with Crippen molar-refractivity contribution in [2.75, 3.05) is 0 Å². The third-order valence-electron chi connectivity index (χ3n) is 12.7. The van der Waals surface area contributed by atoms with Crippen LogP contribution in [0.25, 0.3) is 10.8 Å². The molecule has 6 atom stereocenters. The monoisotopic (exact) mass is 574 g/mol. The molecule has 7 rings (SSSR count). The third kappa shape index (κ3) is 2.94. The highest BCUT2D eigenvalue weighted by Gasteiger charge is 2.78. The summed E-state index contributed by atoms with van der Waals surface area (Å²) in [4.78, 5) is 54.0. The highest BCUT2D eigenvalue weighted by molar-refractivity contribution is 5.95. The maximum atomic E-state index is 14.2. The van der Waals surface area contributed by atoms with E-state index in [1.165, 1.54) is 0 Å². The molecule has 5 aliphatic rings. The number of carbonyl (C=O) groups is 4. The Bertz CT molecular complexity index is 1590. The molecule has 0 radical (unpaired) electrons. The van der Waals surface area contributed by atoms with Gasteiger partial charge in [-0.15, -0.1) is 0 Å². The minimum Gasteiger partial charge on any atom is -0.455 e. The number of aryl methyl sites for hydroxylation is 1. The number of carbonyl (C=O) groups excluding carboxylic acids is 4. The van der Waals surface area contributed by atoms with Gasteiger partial charge in [-0.3, -0.25) is 9.59 Å². The average Bonchev–Trinajstić information content (AvgIpc) is 3.42. The number of ether oxygens (including phenoxy) is 4. The molecule has 2 aliphatic heterocycles. The van der Waals surface area contributed by atoms with Gasteiger partial charge < -0.3 is 18.9 Å². The zero-order valence-corrected chi connectivity index (χ0v) is 25.1. The number of benzene rings is 2. The maximum absolute atomic E-state index is 14.2. The van der Waals surface area contributed by atoms with Gasteiger partial charge in [0.25, 0.3) is 0 Å². The number of rotatable bonds is 4. The molecule has 2 saturated carbocycles. The van der Waals surface area contributed by atoms with Crippen LogP contribution in [0.3, 0.4) is 0 Å². The molecule has 0 spiro atoms. The van der Waals surface area contributed by atoms with E-state index in [1.54, 1.807) is 0 Å². The molecule has 2 saturated heterocycles. The average molecular weight is 575 g/mol. The van der Waals surface area contributed by atoms with Crippen molar-refractivity contribution in [3.05, 3.63) is 47.5 Å². The molecule has 2 heterocycles. The fraction of sp³-hybridized carbons (Fsp3) is 0.588. The van der Waals surface area contributed by atoms with E-state index >= 15 is 0 Å². The normalized spacial score (nSPS) is 38.6. The van der Waals surface area contributed by atoms with E-state index in [4.69, 9.17) is 18.9 Å². The molecule has 0 N–H and O–H groups in total. The van der Waals surface area contributed by atoms with Crippen molar-refractivity contribution >= 4 is 34.6 Å². The van der Waals surface area contributed by atoms with Gasteiger partial charge in [-0.25, -0.2) is 9.59 Å². The van der Waals surface area contributed by atoms with Gasteiger partial charge in [-0.2, -0.15) is 0 Å². The van der Waals surface area contributed by atoms with E-state index in [2.05, 4.69) is 0 Å². The van der Waals surface area contributed by atoms with Crippen molar-refractivity contribution in [1.29, 1.82) is 0 Å². The summed E-state index contributed by atoms with van der Waals surface area (Å²) in [5.41, 5.74) is -4.12. The molecule has 222 valence electrons. The van der Waals surface area contributed by atoms with Crippen LogP contribution < -0.4 is 0 Å². The van der Waals surface area contributed by atoms with Crippen molar-refractivity contribution in [2.45, 2.75) is 103 Å². The molecular formula is C34H38O8. The van der Waals surface area contributed by atoms with Crippen LogP contribution in [-0.4, -0.2) is 41.2 Å². The first-order valence-electron chi connectivity index (χ1n) is 15.0. The lowest BCUT2D eigenvalue weighted by Gasteiger charge is -2.40. The van der Waals surface area contributed by atoms with Gasteiger partial charge in [0.2, 0.25) is 11.2 Å². The standard InChI is InChI=1S/C34H38O8/c1-29(2)31(5)15-17-33(29,41-25(31)35)27(37)39-23-14-13-21-20-10-8-7-9-19(20)11-12-22(21)24(23)40-28(38)34-18-16-32(6,26(36)42-34)30(34,3)4/h7-12,23-24H,13-18H2,1-6H3/t23-,24+,31+,32+,33-,34-/m1/s1. The lowest BCUT2D eigenvalue weighted by molar-refractivity contribution is -0.203. The summed E-state index contributed by atoms with van der Waals surface area (Å²) >= 11 is 0. The highest BCUT2D eigenvalue weighted by Crippen LogP contribution is 2.67. The molecular weight excluding hydrogens is 536 g/mol. The van der Waals surface area contributed by atoms with Gasteiger partial charge in [0.05, 0.1) is 10.8 Å². The Morgan fingerprint density at radius 2 is 1.29 bits per heavy atom. The smallest absolute Gasteiger partial charge is 0.351 e. The predicted molar refractivity (Wildman–Crippen MR) is 151 cm³/mol. The summed E-state index contributed by atoms with van der Waals surface area (Å²) in [6, 6.07) is 11.9. The molecule has 42 heavy (non-hydrogen) atoms. The van der Waals surface area contributed by atoms with Crippen LogP contribution in [0.4, 0.5) is 0 Å². The Balaban J connectivity index is 1.26. The summed E-state index contributed by atoms with van der Waals surface area (Å²) in [5, 5.41) is 2.12. The van der Waals surface area contributed by atoms with Crippen LogP contribution >= 0.6 is 0 Å². The molecule has 0 aromatic heterocycles. The number of hydrogen-bond acceptors (Lipinski definition) is 8. The van der Waals surface area contributed by atoms with Gasteiger partial charge in [0.1, 0.15) is 6.10 Å². The van der Waals surface area contributed by atoms with E-state index in [9.17, 15) is 19.2 Å². The molecule has 3 aliphatic carbocycles. The van der Waals surface area contributed by atoms with Crippen molar-refractivity contribution in [1.82, 2.24) is 0 Å². The molecule has 4 fully saturated rings. The summed E-state index contributed by atoms with van der Waals surface area (Å²) in [5.74, 6) is -1.99. The molecule has 8 heteroatoms. The first kappa shape index (κ1) is 27.4. The first-order valence-corrected chi connectivity index (χ1v) is 15.0. The summed E-state index contributed by atoms with van der Waals surface area (Å²) in [6.07, 6.45) is 1.11. The fourth-order valence-electron chi connectivity index (χ4n) is 8.64. The Morgan fingerprint density at radius 1 is 0.738 bits per heavy atom. The first-order chi connectivity index (χ1) is 19.7. The second kappa shape index (κ2) is 8.14. The number of fused-ring (bicyclic) bond motifs is 7. The van der Waals surface area contributed by atoms with Crippen molar-refractivity contribution in [2.24, 2.45) is 21.7 Å². The van der Waals surface area contributed by atoms with E-state index < -0.39 is 57.0 Å². The molecule has 8 nitrogen and oxygen atoms in total. The lowest BCUT2D eigenvalue weighted by Crippen LogP contribution is -2.52. The molecule has 0 unspecified atom stereocenters. The van der Waals surface area contributed by atoms with E-state index in [-0.39, 0.29) is 11.9 Å². The maximum Gasteiger partial charge on any atom is 0.351 e. The Morgan fingerprint density at radius 3 is 1.81 bits per heavy atom. The van der Waals surface area contributed by atoms with Gasteiger partial charge in [0, 0.05) is 16.4 Å². The lowest BCUT2D eigenvalue weighted by atomic mass is 9.66. The second-order valence-electron chi connectivity index (χ2n) is 14.5. The molecule has 4 bridgehead atoms. The quantitative estimate of drug-likeness (QED) is 0.347. The third-order valence-corrected chi connectivity index (χ3v) is 12.7. The summed E-state index contributed by atoms with van der Waals surface area (Å²) in [6.45, 7) is 11.3. The van der Waals surface area contributed by atoms with E-state index in [1.807, 2.05) is 77.9 Å². The Kier molecular flexibility index (Phi) is 5.32. The van der Waals surface area contributed by atoms with Crippen LogP contribution in [-0.2, 0) is 44.5 Å². The van der Waals surface area contributed by atoms with Crippen LogP contribution in [0, 0.1) is 21.7 Å². The fourth-order valence-corrected chi connectivity index (χ4v) is 8.64. The Hall–Kier alpha value is -3.42. The van der Waals surface area contributed by atoms with E-state index in [0.717, 1.165) is 21.9 Å². The Labute approximate surface area is 245 Å². The van der Waals surface area contributed by atoms with E-state index in [0.29, 0.717) is 38.5 Å². The number of esters is 4. The van der Waals surface area contributed by atoms with Crippen LogP contribution in [0.2, 0.25) is 0 Å². The van der Waals surface area contributed by atoms with Crippen LogP contribution in [0.15, 0.2) is 36.4 Å². The number of hydrogen-bond donors (Lipinski definition) is 0. The van der Waals surface area contributed by atoms with Gasteiger partial charge in [0.15, 0.2) is 6.10 Å². The molecule has 0 amide bonds. The summed E-state index contributed by atoms with van der Waals surface area (Å²) in [7, 11) is 0. The minimum atomic E-state index is -1.42. The molecule has 2 aromatic carbocycles. The van der Waals surface area contributed by atoms with Gasteiger partial charge >= 0.3 is 23.9 Å². The van der Waals surface area contributed by atoms with Crippen molar-refractivity contribution in [3.8, 4) is 0 Å². The minimum absolute atomic E-state index is 0.370. The topological polar surface area (TPSA) is 105 Å². The zero-order valence-electron chi connectivity index (χ0n) is 25.1. The predicted octanol–water partition coefficient (Wildman–Crippen LogP) is 5.53. The zero-order chi connectivity index (χ0) is 30.1. The second-order valence-corrected chi connectivity index (χ2v) is 14.5. The SMILES string of the molecule is CC1(C)[C@@]2(C)CC[C@]1(C(=O)O[C@@H]1CCc3c(ccc4ccccc34)[C@@H]1OC(=O)[C@@]13CC[C@@](C)(C(=O)O1)C3(C)C)OC2=O. The van der Waals surface area contributed by atoms with Gasteiger partial charge in [-0.1, -0.05) is 64.1 Å². The van der Waals surface area contributed by atoms with Crippen molar-refractivity contribution < 1.29 is 38.1 Å². The largest absolute Gasteiger partial charge is 0.455 e. The van der Waals surface area contributed by atoms with Crippen LogP contribution in [0.5, 0.6) is 0 Å². The van der Waals surface area contributed by atoms with Crippen molar-refractivity contribution in [3.63, 3.8) is 0 Å². The van der Waals surface area contributed by atoms with Gasteiger partial charge in [-0.05, 0) is 68.7 Å².